The van der Waals surface area contributed by atoms with Crippen LogP contribution >= 0.6 is 11.8 Å². The zero-order valence-electron chi connectivity index (χ0n) is 16.4. The predicted octanol–water partition coefficient (Wildman–Crippen LogP) is 4.58. The van der Waals surface area contributed by atoms with Crippen molar-refractivity contribution in [3.8, 4) is 0 Å². The van der Waals surface area contributed by atoms with Gasteiger partial charge in [0.2, 0.25) is 10.0 Å². The summed E-state index contributed by atoms with van der Waals surface area (Å²) >= 11 is 1.75. The fourth-order valence-corrected chi connectivity index (χ4v) is 4.56. The zero-order valence-corrected chi connectivity index (χ0v) is 18.0. The van der Waals surface area contributed by atoms with Crippen molar-refractivity contribution in [2.45, 2.75) is 49.2 Å². The number of halogens is 1. The number of rotatable bonds is 8. The largest absolute Gasteiger partial charge is 0.322 e. The van der Waals surface area contributed by atoms with Gasteiger partial charge < -0.3 is 5.32 Å². The first-order valence-corrected chi connectivity index (χ1v) is 11.4. The van der Waals surface area contributed by atoms with E-state index in [0.29, 0.717) is 10.9 Å². The first-order chi connectivity index (χ1) is 13.2. The number of sulfonamides is 1. The van der Waals surface area contributed by atoms with Crippen LogP contribution in [-0.4, -0.2) is 26.1 Å². The lowest BCUT2D eigenvalue weighted by Gasteiger charge is -2.13. The van der Waals surface area contributed by atoms with Crippen molar-refractivity contribution in [3.05, 3.63) is 53.3 Å². The third-order valence-electron chi connectivity index (χ3n) is 4.19. The van der Waals surface area contributed by atoms with Gasteiger partial charge in [0.1, 0.15) is 5.82 Å². The molecule has 1 unspecified atom stereocenters. The fraction of sp³-hybridized carbons (Fsp3) is 0.350. The van der Waals surface area contributed by atoms with E-state index < -0.39 is 21.7 Å². The summed E-state index contributed by atoms with van der Waals surface area (Å²) in [5.74, 6) is -1.48. The average Bonchev–Trinajstić information content (AvgIpc) is 2.63. The number of nitrogens with one attached hydrogen (secondary N) is 2. The Morgan fingerprint density at radius 1 is 1.18 bits per heavy atom. The highest BCUT2D eigenvalue weighted by Crippen LogP contribution is 2.29. The maximum absolute atomic E-state index is 14.2. The number of benzene rings is 2. The van der Waals surface area contributed by atoms with Gasteiger partial charge in [-0.2, -0.15) is 0 Å². The zero-order chi connectivity index (χ0) is 20.9. The molecule has 152 valence electrons. The van der Waals surface area contributed by atoms with Crippen molar-refractivity contribution >= 4 is 33.4 Å². The van der Waals surface area contributed by atoms with E-state index in [-0.39, 0.29) is 17.0 Å². The van der Waals surface area contributed by atoms with Crippen molar-refractivity contribution in [3.63, 3.8) is 0 Å². The quantitative estimate of drug-likeness (QED) is 0.609. The molecular formula is C20H25FN2O3S2. The molecule has 2 aromatic rings. The van der Waals surface area contributed by atoms with E-state index in [4.69, 9.17) is 0 Å². The maximum atomic E-state index is 14.2. The molecule has 0 aliphatic rings. The molecule has 2 N–H and O–H groups in total. The molecule has 0 aromatic heterocycles. The Hall–Kier alpha value is -1.90. The smallest absolute Gasteiger partial charge is 0.258 e. The Morgan fingerprint density at radius 3 is 2.50 bits per heavy atom. The number of aryl methyl sites for hydroxylation is 1. The number of hydrogen-bond donors (Lipinski definition) is 2. The number of thioether (sulfide) groups is 1. The molecule has 1 atom stereocenters. The second-order valence-corrected chi connectivity index (χ2v) is 9.69. The van der Waals surface area contributed by atoms with Gasteiger partial charge in [0.15, 0.2) is 0 Å². The molecule has 2 aromatic carbocycles. The van der Waals surface area contributed by atoms with Crippen LogP contribution in [0.1, 0.15) is 43.1 Å². The van der Waals surface area contributed by atoms with Crippen LogP contribution in [0.2, 0.25) is 0 Å². The Morgan fingerprint density at radius 2 is 1.89 bits per heavy atom. The van der Waals surface area contributed by atoms with E-state index in [9.17, 15) is 17.6 Å². The molecule has 5 nitrogen and oxygen atoms in total. The summed E-state index contributed by atoms with van der Waals surface area (Å²) in [5, 5.41) is 3.15. The normalized spacial score (nSPS) is 12.6. The molecule has 0 aliphatic carbocycles. The molecule has 2 rings (SSSR count). The molecule has 8 heteroatoms. The molecular weight excluding hydrogens is 399 g/mol. The van der Waals surface area contributed by atoms with E-state index in [0.717, 1.165) is 35.1 Å². The summed E-state index contributed by atoms with van der Waals surface area (Å²) in [4.78, 5) is 13.5. The Kier molecular flexibility index (Phi) is 7.63. The van der Waals surface area contributed by atoms with Crippen molar-refractivity contribution in [2.24, 2.45) is 0 Å². The summed E-state index contributed by atoms with van der Waals surface area (Å²) in [6.07, 6.45) is 1.05. The highest BCUT2D eigenvalue weighted by molar-refractivity contribution is 7.99. The first-order valence-electron chi connectivity index (χ1n) is 9.05. The molecule has 0 spiro atoms. The number of hydrogen-bond acceptors (Lipinski definition) is 4. The van der Waals surface area contributed by atoms with Crippen molar-refractivity contribution in [1.82, 2.24) is 4.72 Å². The number of anilines is 1. The molecule has 28 heavy (non-hydrogen) atoms. The molecule has 0 fully saturated rings. The van der Waals surface area contributed by atoms with E-state index in [1.807, 2.05) is 19.1 Å². The number of amides is 1. The van der Waals surface area contributed by atoms with Crippen LogP contribution in [-0.2, 0) is 10.0 Å². The summed E-state index contributed by atoms with van der Waals surface area (Å²) < 4.78 is 40.7. The summed E-state index contributed by atoms with van der Waals surface area (Å²) in [7, 11) is -3.78. The molecule has 0 aliphatic heterocycles. The first kappa shape index (κ1) is 22.4. The van der Waals surface area contributed by atoms with Gasteiger partial charge in [0, 0.05) is 22.4 Å². The lowest BCUT2D eigenvalue weighted by Crippen LogP contribution is -2.24. The van der Waals surface area contributed by atoms with Crippen molar-refractivity contribution in [2.75, 3.05) is 11.9 Å². The summed E-state index contributed by atoms with van der Waals surface area (Å²) in [6, 6.07) is 8.81. The molecule has 0 saturated heterocycles. The second-order valence-electron chi connectivity index (χ2n) is 6.41. The van der Waals surface area contributed by atoms with Crippen LogP contribution in [0.15, 0.2) is 46.2 Å². The lowest BCUT2D eigenvalue weighted by atomic mass is 10.1. The SMILES string of the molecule is CCNS(=O)(=O)c1ccc(F)c(C(=O)Nc2ccc(SC(C)CC)cc2C)c1. The minimum atomic E-state index is -3.78. The Balaban J connectivity index is 2.25. The van der Waals surface area contributed by atoms with Crippen LogP contribution in [0.3, 0.4) is 0 Å². The Bertz CT molecular complexity index is 962. The maximum Gasteiger partial charge on any atom is 0.258 e. The monoisotopic (exact) mass is 424 g/mol. The minimum Gasteiger partial charge on any atom is -0.322 e. The van der Waals surface area contributed by atoms with E-state index in [2.05, 4.69) is 23.9 Å². The van der Waals surface area contributed by atoms with Gasteiger partial charge in [0.05, 0.1) is 10.5 Å². The van der Waals surface area contributed by atoms with E-state index in [1.54, 1.807) is 24.8 Å². The van der Waals surface area contributed by atoms with Gasteiger partial charge in [-0.1, -0.05) is 20.8 Å². The number of carbonyl (C=O) groups excluding carboxylic acids is 1. The third-order valence-corrected chi connectivity index (χ3v) is 6.99. The summed E-state index contributed by atoms with van der Waals surface area (Å²) in [6.45, 7) is 7.96. The average molecular weight is 425 g/mol. The van der Waals surface area contributed by atoms with Crippen LogP contribution < -0.4 is 10.0 Å². The molecule has 0 bridgehead atoms. The summed E-state index contributed by atoms with van der Waals surface area (Å²) in [5.41, 5.74) is 1.08. The van der Waals surface area contributed by atoms with Gasteiger partial charge in [-0.25, -0.2) is 17.5 Å². The molecule has 0 heterocycles. The van der Waals surface area contributed by atoms with Crippen LogP contribution in [0.4, 0.5) is 10.1 Å². The van der Waals surface area contributed by atoms with Crippen molar-refractivity contribution in [1.29, 1.82) is 0 Å². The van der Waals surface area contributed by atoms with Gasteiger partial charge in [0.25, 0.3) is 5.91 Å². The van der Waals surface area contributed by atoms with Gasteiger partial charge in [-0.15, -0.1) is 11.8 Å². The van der Waals surface area contributed by atoms with E-state index >= 15 is 0 Å². The van der Waals surface area contributed by atoms with Gasteiger partial charge >= 0.3 is 0 Å². The second kappa shape index (κ2) is 9.54. The highest BCUT2D eigenvalue weighted by atomic mass is 32.2. The number of carbonyl (C=O) groups is 1. The Labute approximate surface area is 170 Å². The molecule has 0 saturated carbocycles. The standard InChI is InChI=1S/C20H25FN2O3S2/c1-5-14(4)27-15-7-10-19(13(3)11-15)23-20(24)17-12-16(8-9-18(17)21)28(25,26)22-6-2/h7-12,14,22H,5-6H2,1-4H3,(H,23,24). The van der Waals surface area contributed by atoms with Crippen LogP contribution in [0.25, 0.3) is 0 Å². The highest BCUT2D eigenvalue weighted by Gasteiger charge is 2.19. The van der Waals surface area contributed by atoms with E-state index in [1.165, 1.54) is 0 Å². The van der Waals surface area contributed by atoms with Crippen LogP contribution in [0.5, 0.6) is 0 Å². The third kappa shape index (κ3) is 5.56. The molecule has 1 amide bonds. The minimum absolute atomic E-state index is 0.155. The fourth-order valence-electron chi connectivity index (χ4n) is 2.47. The lowest BCUT2D eigenvalue weighted by molar-refractivity contribution is 0.102. The predicted molar refractivity (Wildman–Crippen MR) is 112 cm³/mol. The van der Waals surface area contributed by atoms with Gasteiger partial charge in [-0.05, 0) is 55.3 Å². The molecule has 0 radical (unpaired) electrons. The van der Waals surface area contributed by atoms with Crippen LogP contribution in [0, 0.1) is 12.7 Å². The van der Waals surface area contributed by atoms with Crippen molar-refractivity contribution < 1.29 is 17.6 Å². The topological polar surface area (TPSA) is 75.3 Å². The van der Waals surface area contributed by atoms with Gasteiger partial charge in [-0.3, -0.25) is 4.79 Å².